The van der Waals surface area contributed by atoms with Crippen LogP contribution < -0.4 is 5.32 Å². The van der Waals surface area contributed by atoms with Crippen LogP contribution in [0.3, 0.4) is 0 Å². The second kappa shape index (κ2) is 5.23. The van der Waals surface area contributed by atoms with Gasteiger partial charge < -0.3 is 10.4 Å². The van der Waals surface area contributed by atoms with E-state index in [9.17, 15) is 19.1 Å². The fraction of sp³-hybridized carbons (Fsp3) is 0.467. The van der Waals surface area contributed by atoms with E-state index in [-0.39, 0.29) is 12.5 Å². The first-order valence-electron chi connectivity index (χ1n) is 6.62. The molecule has 0 saturated heterocycles. The molecule has 1 amide bonds. The number of aliphatic carboxylic acids is 1. The Morgan fingerprint density at radius 1 is 1.45 bits per heavy atom. The van der Waals surface area contributed by atoms with Crippen molar-refractivity contribution in [2.24, 2.45) is 5.41 Å². The Kier molecular flexibility index (Phi) is 3.79. The minimum atomic E-state index is -1.58. The van der Waals surface area contributed by atoms with Crippen molar-refractivity contribution in [3.63, 3.8) is 0 Å². The largest absolute Gasteiger partial charge is 0.480 e. The molecule has 2 N–H and O–H groups in total. The summed E-state index contributed by atoms with van der Waals surface area (Å²) >= 11 is 0. The number of carboxylic acids is 1. The van der Waals surface area contributed by atoms with E-state index in [1.807, 2.05) is 0 Å². The summed E-state index contributed by atoms with van der Waals surface area (Å²) in [5, 5.41) is 12.1. The van der Waals surface area contributed by atoms with E-state index in [1.54, 1.807) is 13.0 Å². The molecule has 108 valence electrons. The van der Waals surface area contributed by atoms with E-state index < -0.39 is 23.1 Å². The predicted molar refractivity (Wildman–Crippen MR) is 71.7 cm³/mol. The fourth-order valence-electron chi connectivity index (χ4n) is 2.04. The third-order valence-corrected chi connectivity index (χ3v) is 3.74. The molecule has 1 fully saturated rings. The summed E-state index contributed by atoms with van der Waals surface area (Å²) in [7, 11) is 0. The number of benzene rings is 1. The van der Waals surface area contributed by atoms with Crippen molar-refractivity contribution >= 4 is 11.9 Å². The van der Waals surface area contributed by atoms with Crippen molar-refractivity contribution in [2.45, 2.75) is 39.2 Å². The topological polar surface area (TPSA) is 66.4 Å². The van der Waals surface area contributed by atoms with E-state index in [4.69, 9.17) is 0 Å². The SMILES string of the molecule is Cc1ccc(F)cc1CC(C)(C(=O)O)C(=O)NC1CC1. The van der Waals surface area contributed by atoms with E-state index >= 15 is 0 Å². The highest BCUT2D eigenvalue weighted by Gasteiger charge is 2.43. The third-order valence-electron chi connectivity index (χ3n) is 3.74. The molecule has 0 heterocycles. The van der Waals surface area contributed by atoms with Crippen LogP contribution in [0.1, 0.15) is 30.9 Å². The number of carbonyl (C=O) groups is 2. The quantitative estimate of drug-likeness (QED) is 0.811. The lowest BCUT2D eigenvalue weighted by atomic mass is 9.81. The molecule has 0 bridgehead atoms. The van der Waals surface area contributed by atoms with Crippen LogP contribution in [0.15, 0.2) is 18.2 Å². The Balaban J connectivity index is 2.25. The molecule has 1 saturated carbocycles. The number of rotatable bonds is 5. The van der Waals surface area contributed by atoms with Crippen LogP contribution in [0.2, 0.25) is 0 Å². The number of aryl methyl sites for hydroxylation is 1. The van der Waals surface area contributed by atoms with Gasteiger partial charge in [-0.15, -0.1) is 0 Å². The van der Waals surface area contributed by atoms with E-state index in [0.29, 0.717) is 5.56 Å². The average Bonchev–Trinajstić information content (AvgIpc) is 3.17. The van der Waals surface area contributed by atoms with Crippen LogP contribution in [-0.4, -0.2) is 23.0 Å². The molecule has 1 aliphatic carbocycles. The second-order valence-electron chi connectivity index (χ2n) is 5.63. The molecule has 1 unspecified atom stereocenters. The Labute approximate surface area is 117 Å². The lowest BCUT2D eigenvalue weighted by Gasteiger charge is -2.24. The van der Waals surface area contributed by atoms with Gasteiger partial charge in [0.1, 0.15) is 11.2 Å². The molecule has 0 aromatic heterocycles. The molecule has 1 aromatic carbocycles. The number of hydrogen-bond donors (Lipinski definition) is 2. The first-order chi connectivity index (χ1) is 9.33. The first kappa shape index (κ1) is 14.5. The molecule has 5 heteroatoms. The second-order valence-corrected chi connectivity index (χ2v) is 5.63. The Bertz CT molecular complexity index is 554. The lowest BCUT2D eigenvalue weighted by Crippen LogP contribution is -2.46. The molecule has 1 aromatic rings. The number of halogens is 1. The van der Waals surface area contributed by atoms with Gasteiger partial charge in [0.15, 0.2) is 0 Å². The van der Waals surface area contributed by atoms with E-state index in [2.05, 4.69) is 5.32 Å². The molecular formula is C15H18FNO3. The standard InChI is InChI=1S/C15H18FNO3/c1-9-3-4-11(16)7-10(9)8-15(2,14(19)20)13(18)17-12-5-6-12/h3-4,7,12H,5-6,8H2,1-2H3,(H,17,18)(H,19,20). The monoisotopic (exact) mass is 279 g/mol. The summed E-state index contributed by atoms with van der Waals surface area (Å²) in [6.07, 6.45) is 1.76. The van der Waals surface area contributed by atoms with Gasteiger partial charge in [-0.25, -0.2) is 4.39 Å². The van der Waals surface area contributed by atoms with Crippen LogP contribution in [0.4, 0.5) is 4.39 Å². The fourth-order valence-corrected chi connectivity index (χ4v) is 2.04. The van der Waals surface area contributed by atoms with Crippen LogP contribution in [-0.2, 0) is 16.0 Å². The van der Waals surface area contributed by atoms with E-state index in [1.165, 1.54) is 19.1 Å². The number of amides is 1. The van der Waals surface area contributed by atoms with Gasteiger partial charge in [-0.3, -0.25) is 9.59 Å². The summed E-state index contributed by atoms with van der Waals surface area (Å²) in [5.41, 5.74) is -0.264. The Morgan fingerprint density at radius 2 is 2.10 bits per heavy atom. The highest BCUT2D eigenvalue weighted by Crippen LogP contribution is 2.28. The molecule has 2 rings (SSSR count). The molecule has 0 spiro atoms. The molecule has 0 aliphatic heterocycles. The van der Waals surface area contributed by atoms with Gasteiger partial charge in [0.05, 0.1) is 0 Å². The summed E-state index contributed by atoms with van der Waals surface area (Å²) in [4.78, 5) is 23.7. The highest BCUT2D eigenvalue weighted by atomic mass is 19.1. The molecule has 4 nitrogen and oxygen atoms in total. The maximum Gasteiger partial charge on any atom is 0.319 e. The van der Waals surface area contributed by atoms with Crippen LogP contribution in [0.25, 0.3) is 0 Å². The van der Waals surface area contributed by atoms with Crippen LogP contribution in [0.5, 0.6) is 0 Å². The number of carboxylic acid groups (broad SMARTS) is 1. The molecule has 20 heavy (non-hydrogen) atoms. The van der Waals surface area contributed by atoms with Crippen molar-refractivity contribution in [3.05, 3.63) is 35.1 Å². The van der Waals surface area contributed by atoms with Crippen molar-refractivity contribution in [1.29, 1.82) is 0 Å². The van der Waals surface area contributed by atoms with Gasteiger partial charge in [0, 0.05) is 6.04 Å². The third kappa shape index (κ3) is 2.98. The van der Waals surface area contributed by atoms with Gasteiger partial charge in [0.2, 0.25) is 5.91 Å². The van der Waals surface area contributed by atoms with Crippen molar-refractivity contribution in [1.82, 2.24) is 5.32 Å². The van der Waals surface area contributed by atoms with Gasteiger partial charge in [-0.05, 0) is 56.4 Å². The van der Waals surface area contributed by atoms with Gasteiger partial charge >= 0.3 is 5.97 Å². The van der Waals surface area contributed by atoms with Crippen molar-refractivity contribution < 1.29 is 19.1 Å². The summed E-state index contributed by atoms with van der Waals surface area (Å²) in [6.45, 7) is 3.16. The maximum atomic E-state index is 13.3. The molecule has 1 aliphatic rings. The molecular weight excluding hydrogens is 261 g/mol. The van der Waals surface area contributed by atoms with Gasteiger partial charge in [0.25, 0.3) is 0 Å². The predicted octanol–water partition coefficient (Wildman–Crippen LogP) is 2.05. The minimum Gasteiger partial charge on any atom is -0.480 e. The lowest BCUT2D eigenvalue weighted by molar-refractivity contribution is -0.154. The van der Waals surface area contributed by atoms with Crippen molar-refractivity contribution in [2.75, 3.05) is 0 Å². The Morgan fingerprint density at radius 3 is 2.65 bits per heavy atom. The first-order valence-corrected chi connectivity index (χ1v) is 6.62. The van der Waals surface area contributed by atoms with Gasteiger partial charge in [-0.2, -0.15) is 0 Å². The summed E-state index contributed by atoms with van der Waals surface area (Å²) in [5.74, 6) is -2.13. The van der Waals surface area contributed by atoms with Crippen LogP contribution in [0, 0.1) is 18.2 Å². The van der Waals surface area contributed by atoms with Gasteiger partial charge in [-0.1, -0.05) is 6.07 Å². The Hall–Kier alpha value is -1.91. The highest BCUT2D eigenvalue weighted by molar-refractivity contribution is 6.02. The number of hydrogen-bond acceptors (Lipinski definition) is 2. The normalized spacial score (nSPS) is 17.4. The summed E-state index contributed by atoms with van der Waals surface area (Å²) < 4.78 is 13.3. The zero-order chi connectivity index (χ0) is 14.9. The number of nitrogens with one attached hydrogen (secondary N) is 1. The maximum absolute atomic E-state index is 13.3. The molecule has 1 atom stereocenters. The zero-order valence-electron chi connectivity index (χ0n) is 11.6. The van der Waals surface area contributed by atoms with E-state index in [0.717, 1.165) is 18.4 Å². The molecule has 0 radical (unpaired) electrons. The number of carbonyl (C=O) groups excluding carboxylic acids is 1. The van der Waals surface area contributed by atoms with Crippen LogP contribution >= 0.6 is 0 Å². The smallest absolute Gasteiger partial charge is 0.319 e. The average molecular weight is 279 g/mol. The van der Waals surface area contributed by atoms with Crippen molar-refractivity contribution in [3.8, 4) is 0 Å². The minimum absolute atomic E-state index is 0.0233. The zero-order valence-corrected chi connectivity index (χ0v) is 11.6. The summed E-state index contributed by atoms with van der Waals surface area (Å²) in [6, 6.07) is 4.29.